The van der Waals surface area contributed by atoms with Crippen molar-refractivity contribution in [3.63, 3.8) is 0 Å². The van der Waals surface area contributed by atoms with Crippen LogP contribution in [0.2, 0.25) is 0 Å². The molecule has 2 heterocycles. The number of H-pyrrole nitrogens is 1. The maximum atomic E-state index is 13.3. The van der Waals surface area contributed by atoms with E-state index in [4.69, 9.17) is 21.8 Å². The molecule has 1 aliphatic rings. The molecule has 2 aromatic carbocycles. The van der Waals surface area contributed by atoms with Crippen molar-refractivity contribution in [3.05, 3.63) is 69.4 Å². The third-order valence-electron chi connectivity index (χ3n) is 5.68. The summed E-state index contributed by atoms with van der Waals surface area (Å²) in [5.41, 5.74) is 2.22. The maximum absolute atomic E-state index is 13.3. The molecule has 1 unspecified atom stereocenters. The van der Waals surface area contributed by atoms with E-state index in [1.807, 2.05) is 0 Å². The average Bonchev–Trinajstić information content (AvgIpc) is 3.42. The van der Waals surface area contributed by atoms with Gasteiger partial charge in [0.2, 0.25) is 0 Å². The minimum Gasteiger partial charge on any atom is -0.394 e. The van der Waals surface area contributed by atoms with Gasteiger partial charge in [-0.25, -0.2) is 0 Å². The zero-order valence-electron chi connectivity index (χ0n) is 17.3. The molecule has 1 aromatic heterocycles. The number of nitro groups is 1. The molecule has 0 bridgehead atoms. The van der Waals surface area contributed by atoms with Crippen LogP contribution in [0.15, 0.2) is 42.5 Å². The molecule has 33 heavy (non-hydrogen) atoms. The van der Waals surface area contributed by atoms with E-state index in [0.29, 0.717) is 28.7 Å². The molecule has 2 amide bonds. The summed E-state index contributed by atoms with van der Waals surface area (Å²) in [5, 5.41) is 32.7. The zero-order valence-corrected chi connectivity index (χ0v) is 18.1. The first-order chi connectivity index (χ1) is 15.9. The Morgan fingerprint density at radius 1 is 1.21 bits per heavy atom. The lowest BCUT2D eigenvalue weighted by Gasteiger charge is -2.16. The van der Waals surface area contributed by atoms with Crippen LogP contribution in [0.1, 0.15) is 32.3 Å². The van der Waals surface area contributed by atoms with E-state index in [9.17, 15) is 19.7 Å². The molecule has 4 rings (SSSR count). The van der Waals surface area contributed by atoms with Gasteiger partial charge in [0.25, 0.3) is 17.5 Å². The van der Waals surface area contributed by atoms with Gasteiger partial charge in [0.1, 0.15) is 5.69 Å². The molecule has 0 aliphatic carbocycles. The van der Waals surface area contributed by atoms with Gasteiger partial charge >= 0.3 is 0 Å². The maximum Gasteiger partial charge on any atom is 0.274 e. The molecule has 1 atom stereocenters. The van der Waals surface area contributed by atoms with Crippen molar-refractivity contribution in [3.8, 4) is 0 Å². The topological polar surface area (TPSA) is 149 Å². The Bertz CT molecular complexity index is 1240. The Labute approximate surface area is 192 Å². The molecule has 11 heteroatoms. The molecule has 4 N–H and O–H groups in total. The molecule has 0 fully saturated rings. The Kier molecular flexibility index (Phi) is 6.32. The third-order valence-corrected chi connectivity index (χ3v) is 6.05. The number of nitrogens with zero attached hydrogens (tertiary/aromatic N) is 2. The Balaban J connectivity index is 1.63. The van der Waals surface area contributed by atoms with Crippen molar-refractivity contribution in [2.45, 2.75) is 12.0 Å². The van der Waals surface area contributed by atoms with Gasteiger partial charge in [0.15, 0.2) is 0 Å². The van der Waals surface area contributed by atoms with E-state index < -0.39 is 30.1 Å². The second kappa shape index (κ2) is 9.18. The lowest BCUT2D eigenvalue weighted by atomic mass is 10.0. The van der Waals surface area contributed by atoms with Gasteiger partial charge in [0, 0.05) is 46.9 Å². The largest absolute Gasteiger partial charge is 0.394 e. The van der Waals surface area contributed by atoms with Crippen LogP contribution in [-0.2, 0) is 0 Å². The van der Waals surface area contributed by atoms with Crippen molar-refractivity contribution < 1.29 is 24.7 Å². The van der Waals surface area contributed by atoms with Crippen molar-refractivity contribution in [2.75, 3.05) is 30.5 Å². The third kappa shape index (κ3) is 4.28. The predicted octanol–water partition coefficient (Wildman–Crippen LogP) is 2.14. The molecule has 10 nitrogen and oxygen atoms in total. The molecular formula is C22H21ClN4O6. The molecule has 0 saturated heterocycles. The first-order valence-corrected chi connectivity index (χ1v) is 10.7. The standard InChI is InChI=1S/C22H21ClN4O6/c23-8-14-9-26(20-7-16(27(32)33)3-4-17(14)20)22(31)19-5-12-1-2-13(6-18(12)25-19)21(30)24-15(10-28)11-29/h1-7,14-15,25,28-29H,8-11H2,(H,24,30). The van der Waals surface area contributed by atoms with Crippen LogP contribution in [0.5, 0.6) is 0 Å². The van der Waals surface area contributed by atoms with E-state index in [2.05, 4.69) is 10.3 Å². The number of carbonyl (C=O) groups is 2. The monoisotopic (exact) mass is 472 g/mol. The number of aliphatic hydroxyl groups excluding tert-OH is 2. The number of aliphatic hydroxyl groups is 2. The molecule has 0 radical (unpaired) electrons. The highest BCUT2D eigenvalue weighted by Gasteiger charge is 2.34. The Morgan fingerprint density at radius 3 is 2.64 bits per heavy atom. The fourth-order valence-corrected chi connectivity index (χ4v) is 4.18. The summed E-state index contributed by atoms with van der Waals surface area (Å²) >= 11 is 6.07. The van der Waals surface area contributed by atoms with Gasteiger partial charge in [0.05, 0.1) is 29.9 Å². The van der Waals surface area contributed by atoms with Crippen LogP contribution in [0.3, 0.4) is 0 Å². The van der Waals surface area contributed by atoms with Gasteiger partial charge in [-0.2, -0.15) is 0 Å². The summed E-state index contributed by atoms with van der Waals surface area (Å²) in [5.74, 6) is -0.717. The van der Waals surface area contributed by atoms with Crippen LogP contribution < -0.4 is 10.2 Å². The van der Waals surface area contributed by atoms with E-state index in [-0.39, 0.29) is 29.1 Å². The number of non-ortho nitro benzene ring substituents is 1. The summed E-state index contributed by atoms with van der Waals surface area (Å²) < 4.78 is 0. The first-order valence-electron chi connectivity index (χ1n) is 10.2. The summed E-state index contributed by atoms with van der Waals surface area (Å²) in [6, 6.07) is 10.1. The normalized spacial score (nSPS) is 15.2. The van der Waals surface area contributed by atoms with E-state index in [0.717, 1.165) is 5.56 Å². The van der Waals surface area contributed by atoms with Crippen LogP contribution in [0, 0.1) is 10.1 Å². The minimum absolute atomic E-state index is 0.113. The molecule has 0 spiro atoms. The number of rotatable bonds is 7. The van der Waals surface area contributed by atoms with Crippen LogP contribution >= 0.6 is 11.6 Å². The Morgan fingerprint density at radius 2 is 1.97 bits per heavy atom. The number of nitrogens with one attached hydrogen (secondary N) is 2. The number of aromatic amines is 1. The summed E-state index contributed by atoms with van der Waals surface area (Å²) in [4.78, 5) is 40.9. The lowest BCUT2D eigenvalue weighted by molar-refractivity contribution is -0.384. The second-order valence-corrected chi connectivity index (χ2v) is 8.10. The number of amides is 2. The van der Waals surface area contributed by atoms with E-state index >= 15 is 0 Å². The number of hydrogen-bond donors (Lipinski definition) is 4. The van der Waals surface area contributed by atoms with Crippen LogP contribution in [-0.4, -0.2) is 63.6 Å². The fourth-order valence-electron chi connectivity index (χ4n) is 3.91. The average molecular weight is 473 g/mol. The van der Waals surface area contributed by atoms with Crippen molar-refractivity contribution in [1.29, 1.82) is 0 Å². The molecule has 1 aliphatic heterocycles. The molecule has 172 valence electrons. The molecular weight excluding hydrogens is 452 g/mol. The van der Waals surface area contributed by atoms with E-state index in [1.54, 1.807) is 30.3 Å². The number of halogens is 1. The second-order valence-electron chi connectivity index (χ2n) is 7.79. The van der Waals surface area contributed by atoms with E-state index in [1.165, 1.54) is 17.0 Å². The number of aromatic nitrogens is 1. The van der Waals surface area contributed by atoms with Crippen LogP contribution in [0.25, 0.3) is 10.9 Å². The highest BCUT2D eigenvalue weighted by Crippen LogP contribution is 2.40. The summed E-state index contributed by atoms with van der Waals surface area (Å²) in [6.07, 6.45) is 0. The number of carbonyl (C=O) groups excluding carboxylic acids is 2. The van der Waals surface area contributed by atoms with Gasteiger partial charge in [-0.05, 0) is 29.8 Å². The highest BCUT2D eigenvalue weighted by molar-refractivity contribution is 6.19. The first kappa shape index (κ1) is 22.7. The van der Waals surface area contributed by atoms with Crippen molar-refractivity contribution in [1.82, 2.24) is 10.3 Å². The highest BCUT2D eigenvalue weighted by atomic mass is 35.5. The number of nitro benzene ring substituents is 1. The number of hydrogen-bond acceptors (Lipinski definition) is 6. The lowest BCUT2D eigenvalue weighted by Crippen LogP contribution is -2.40. The smallest absolute Gasteiger partial charge is 0.274 e. The number of anilines is 1. The molecule has 0 saturated carbocycles. The molecule has 3 aromatic rings. The van der Waals surface area contributed by atoms with Crippen LogP contribution in [0.4, 0.5) is 11.4 Å². The van der Waals surface area contributed by atoms with Crippen molar-refractivity contribution >= 4 is 45.7 Å². The summed E-state index contributed by atoms with van der Waals surface area (Å²) in [7, 11) is 0. The summed E-state index contributed by atoms with van der Waals surface area (Å²) in [6.45, 7) is -0.500. The SMILES string of the molecule is O=C(NC(CO)CO)c1ccc2cc(C(=O)N3CC(CCl)c4ccc([N+](=O)[O-])cc43)[nH]c2c1. The van der Waals surface area contributed by atoms with Gasteiger partial charge in [-0.1, -0.05) is 6.07 Å². The fraction of sp³-hybridized carbons (Fsp3) is 0.273. The number of alkyl halides is 1. The number of fused-ring (bicyclic) bond motifs is 2. The van der Waals surface area contributed by atoms with Gasteiger partial charge in [-0.3, -0.25) is 19.7 Å². The zero-order chi connectivity index (χ0) is 23.7. The Hall–Kier alpha value is -3.47. The van der Waals surface area contributed by atoms with Crippen molar-refractivity contribution in [2.24, 2.45) is 0 Å². The quantitative estimate of drug-likeness (QED) is 0.235. The van der Waals surface area contributed by atoms with Gasteiger partial charge < -0.3 is 25.4 Å². The van der Waals surface area contributed by atoms with Gasteiger partial charge in [-0.15, -0.1) is 11.6 Å². The predicted molar refractivity (Wildman–Crippen MR) is 122 cm³/mol. The minimum atomic E-state index is -0.775. The number of benzene rings is 2.